The molecule has 0 spiro atoms. The van der Waals surface area contributed by atoms with Crippen molar-refractivity contribution in [2.24, 2.45) is 16.0 Å². The van der Waals surface area contributed by atoms with Gasteiger partial charge < -0.3 is 19.7 Å². The summed E-state index contributed by atoms with van der Waals surface area (Å²) in [6, 6.07) is 7.84. The SMILES string of the molecule is C/C=N\N1C=CC(Oc2ccc(NC(=N/C=C/CCC)c3c(C)cc4c(c3F)N(CCCCC)CC(C)CO4)cc2C)=C/C1=C\CC. The Morgan fingerprint density at radius 3 is 2.68 bits per heavy atom. The molecule has 1 unspecified atom stereocenters. The number of hydrogen-bond acceptors (Lipinski definition) is 6. The number of fused-ring (bicyclic) bond motifs is 1. The minimum Gasteiger partial charge on any atom is -0.491 e. The Kier molecular flexibility index (Phi) is 13.3. The van der Waals surface area contributed by atoms with E-state index < -0.39 is 0 Å². The minimum absolute atomic E-state index is 0.289. The first-order valence-electron chi connectivity index (χ1n) is 17.2. The lowest BCUT2D eigenvalue weighted by atomic mass is 10.0. The summed E-state index contributed by atoms with van der Waals surface area (Å²) < 4.78 is 29.3. The van der Waals surface area contributed by atoms with Crippen LogP contribution in [0, 0.1) is 25.6 Å². The number of hydrogen-bond donors (Lipinski definition) is 1. The number of ether oxygens (including phenoxy) is 2. The topological polar surface area (TPSA) is 61.7 Å². The Balaban J connectivity index is 1.67. The van der Waals surface area contributed by atoms with E-state index in [1.54, 1.807) is 12.4 Å². The Morgan fingerprint density at radius 1 is 1.13 bits per heavy atom. The maximum atomic E-state index is 16.9. The second kappa shape index (κ2) is 17.5. The molecule has 1 N–H and O–H groups in total. The van der Waals surface area contributed by atoms with Gasteiger partial charge in [0, 0.05) is 49.4 Å². The molecule has 0 aromatic heterocycles. The fourth-order valence-electron chi connectivity index (χ4n) is 5.72. The third-order valence-corrected chi connectivity index (χ3v) is 8.06. The minimum atomic E-state index is -0.300. The third kappa shape index (κ3) is 9.37. The zero-order valence-electron chi connectivity index (χ0n) is 29.3. The number of amidine groups is 1. The second-order valence-corrected chi connectivity index (χ2v) is 12.3. The number of halogens is 1. The Morgan fingerprint density at radius 2 is 1.96 bits per heavy atom. The summed E-state index contributed by atoms with van der Waals surface area (Å²) in [5, 5.41) is 9.67. The quantitative estimate of drug-likeness (QED) is 0.134. The lowest BCUT2D eigenvalue weighted by Gasteiger charge is -2.27. The van der Waals surface area contributed by atoms with Gasteiger partial charge in [0.25, 0.3) is 0 Å². The number of rotatable bonds is 13. The molecular weight excluding hydrogens is 589 g/mol. The summed E-state index contributed by atoms with van der Waals surface area (Å²) in [4.78, 5) is 6.96. The fourth-order valence-corrected chi connectivity index (χ4v) is 5.72. The van der Waals surface area contributed by atoms with E-state index in [2.05, 4.69) is 49.1 Å². The Hall–Kier alpha value is -4.33. The summed E-state index contributed by atoms with van der Waals surface area (Å²) in [5.74, 6) is 2.51. The lowest BCUT2D eigenvalue weighted by Crippen LogP contribution is -2.30. The molecule has 8 heteroatoms. The van der Waals surface area contributed by atoms with E-state index >= 15 is 4.39 Å². The second-order valence-electron chi connectivity index (χ2n) is 12.3. The number of anilines is 2. The van der Waals surface area contributed by atoms with Gasteiger partial charge in [-0.05, 0) is 81.5 Å². The molecule has 4 rings (SSSR count). The van der Waals surface area contributed by atoms with Crippen LogP contribution in [0.1, 0.15) is 89.8 Å². The van der Waals surface area contributed by atoms with Crippen molar-refractivity contribution in [2.75, 3.05) is 29.9 Å². The fraction of sp³-hybridized carbons (Fsp3) is 0.436. The Bertz CT molecular complexity index is 1550. The molecule has 0 fully saturated rings. The summed E-state index contributed by atoms with van der Waals surface area (Å²) in [6.45, 7) is 16.5. The van der Waals surface area contributed by atoms with E-state index in [1.165, 1.54) is 0 Å². The highest BCUT2D eigenvalue weighted by Crippen LogP contribution is 2.39. The zero-order valence-corrected chi connectivity index (χ0v) is 29.3. The largest absolute Gasteiger partial charge is 0.491 e. The van der Waals surface area contributed by atoms with Crippen molar-refractivity contribution in [2.45, 2.75) is 87.0 Å². The molecule has 2 aliphatic rings. The van der Waals surface area contributed by atoms with Crippen molar-refractivity contribution in [3.05, 3.63) is 94.9 Å². The third-order valence-electron chi connectivity index (χ3n) is 8.06. The highest BCUT2D eigenvalue weighted by molar-refractivity contribution is 6.10. The maximum absolute atomic E-state index is 16.9. The van der Waals surface area contributed by atoms with Gasteiger partial charge in [0.15, 0.2) is 5.82 Å². The molecule has 47 heavy (non-hydrogen) atoms. The predicted molar refractivity (Wildman–Crippen MR) is 195 cm³/mol. The number of hydrazone groups is 1. The summed E-state index contributed by atoms with van der Waals surface area (Å²) >= 11 is 0. The van der Waals surface area contributed by atoms with E-state index in [9.17, 15) is 0 Å². The van der Waals surface area contributed by atoms with Crippen LogP contribution >= 0.6 is 0 Å². The molecule has 7 nitrogen and oxygen atoms in total. The van der Waals surface area contributed by atoms with Crippen LogP contribution in [0.2, 0.25) is 0 Å². The summed E-state index contributed by atoms with van der Waals surface area (Å²) in [5.41, 5.74) is 4.44. The van der Waals surface area contributed by atoms with Crippen molar-refractivity contribution in [1.29, 1.82) is 0 Å². The van der Waals surface area contributed by atoms with E-state index in [1.807, 2.05) is 74.5 Å². The lowest BCUT2D eigenvalue weighted by molar-refractivity contribution is 0.273. The average molecular weight is 642 g/mol. The van der Waals surface area contributed by atoms with E-state index in [0.29, 0.717) is 29.4 Å². The van der Waals surface area contributed by atoms with Gasteiger partial charge in [0.05, 0.1) is 17.9 Å². The van der Waals surface area contributed by atoms with Crippen molar-refractivity contribution in [3.63, 3.8) is 0 Å². The first kappa shape index (κ1) is 35.5. The van der Waals surface area contributed by atoms with Gasteiger partial charge in [-0.1, -0.05) is 59.1 Å². The van der Waals surface area contributed by atoms with Crippen LogP contribution in [0.15, 0.2) is 82.5 Å². The van der Waals surface area contributed by atoms with Crippen molar-refractivity contribution in [3.8, 4) is 11.5 Å². The van der Waals surface area contributed by atoms with Crippen LogP contribution in [-0.2, 0) is 0 Å². The number of aliphatic imine (C=N–C) groups is 1. The van der Waals surface area contributed by atoms with Crippen molar-refractivity contribution >= 4 is 23.4 Å². The monoisotopic (exact) mass is 641 g/mol. The van der Waals surface area contributed by atoms with Gasteiger partial charge in [-0.2, -0.15) is 5.10 Å². The number of allylic oxidation sites excluding steroid dienone is 4. The molecule has 0 radical (unpaired) electrons. The van der Waals surface area contributed by atoms with E-state index in [4.69, 9.17) is 14.5 Å². The molecule has 2 aliphatic heterocycles. The summed E-state index contributed by atoms with van der Waals surface area (Å²) in [7, 11) is 0. The number of unbranched alkanes of at least 4 members (excludes halogenated alkanes) is 3. The molecule has 1 atom stereocenters. The van der Waals surface area contributed by atoms with Crippen LogP contribution < -0.4 is 19.7 Å². The van der Waals surface area contributed by atoms with Crippen LogP contribution in [0.25, 0.3) is 0 Å². The van der Waals surface area contributed by atoms with E-state index in [-0.39, 0.29) is 11.7 Å². The number of nitrogens with one attached hydrogen (secondary N) is 1. The van der Waals surface area contributed by atoms with Gasteiger partial charge in [-0.15, -0.1) is 0 Å². The number of nitrogens with zero attached hydrogens (tertiary/aromatic N) is 4. The summed E-state index contributed by atoms with van der Waals surface area (Å²) in [6.07, 6.45) is 19.4. The normalized spacial score (nSPS) is 17.7. The van der Waals surface area contributed by atoms with Crippen LogP contribution in [0.4, 0.5) is 15.8 Å². The molecule has 0 amide bonds. The Labute approximate surface area is 281 Å². The molecule has 0 bridgehead atoms. The molecule has 0 saturated heterocycles. The van der Waals surface area contributed by atoms with Gasteiger partial charge in [-0.3, -0.25) is 0 Å². The maximum Gasteiger partial charge on any atom is 0.161 e. The molecule has 2 aromatic rings. The first-order valence-corrected chi connectivity index (χ1v) is 17.2. The standard InChI is InChI=1S/C39H52FN5O2/c1-8-12-14-20-41-39(36-30(7)24-35-38(37(36)40)44(21-15-13-9-2)26-28(5)27-46-35)43-31-17-18-34(29(6)23-31)47-33-19-22-45(42-11-4)32(25-33)16-10-3/h11,14,16-20,22-25,28H,8-10,12-13,15,21,26-27H2,1-7H3,(H,41,43)/b20-14+,32-16+,42-11-. The molecule has 2 heterocycles. The van der Waals surface area contributed by atoms with Crippen LogP contribution in [0.3, 0.4) is 0 Å². The van der Waals surface area contributed by atoms with Crippen molar-refractivity contribution in [1.82, 2.24) is 5.01 Å². The van der Waals surface area contributed by atoms with Gasteiger partial charge in [0.1, 0.15) is 28.8 Å². The molecule has 0 aliphatic carbocycles. The predicted octanol–water partition coefficient (Wildman–Crippen LogP) is 10.0. The smallest absolute Gasteiger partial charge is 0.161 e. The zero-order chi connectivity index (χ0) is 33.8. The van der Waals surface area contributed by atoms with E-state index in [0.717, 1.165) is 85.6 Å². The van der Waals surface area contributed by atoms with Crippen molar-refractivity contribution < 1.29 is 13.9 Å². The van der Waals surface area contributed by atoms with Crippen LogP contribution in [0.5, 0.6) is 11.5 Å². The highest BCUT2D eigenvalue weighted by Gasteiger charge is 2.28. The molecule has 0 saturated carbocycles. The molecule has 2 aromatic carbocycles. The number of benzene rings is 2. The first-order chi connectivity index (χ1) is 22.8. The highest BCUT2D eigenvalue weighted by atomic mass is 19.1. The number of aryl methyl sites for hydroxylation is 2. The van der Waals surface area contributed by atoms with Gasteiger partial charge in [-0.25, -0.2) is 14.4 Å². The molecular formula is C39H52FN5O2. The molecule has 252 valence electrons. The van der Waals surface area contributed by atoms with Gasteiger partial charge in [0.2, 0.25) is 0 Å². The van der Waals surface area contributed by atoms with Crippen LogP contribution in [-0.4, -0.2) is 36.8 Å². The van der Waals surface area contributed by atoms with Gasteiger partial charge >= 0.3 is 0 Å². The average Bonchev–Trinajstić information content (AvgIpc) is 3.20.